The van der Waals surface area contributed by atoms with E-state index in [9.17, 15) is 4.79 Å². The lowest BCUT2D eigenvalue weighted by Gasteiger charge is -2.16. The summed E-state index contributed by atoms with van der Waals surface area (Å²) in [5.74, 6) is -0.833. The van der Waals surface area contributed by atoms with Crippen molar-refractivity contribution in [1.29, 1.82) is 0 Å². The minimum atomic E-state index is -0.833. The number of thiophene rings is 1. The van der Waals surface area contributed by atoms with Gasteiger partial charge in [0.25, 0.3) is 0 Å². The van der Waals surface area contributed by atoms with Gasteiger partial charge in [0.05, 0.1) is 6.10 Å². The highest BCUT2D eigenvalue weighted by Crippen LogP contribution is 2.20. The Morgan fingerprint density at radius 2 is 2.62 bits per heavy atom. The van der Waals surface area contributed by atoms with Crippen molar-refractivity contribution in [2.45, 2.75) is 25.0 Å². The average Bonchev–Trinajstić information content (AvgIpc) is 2.88. The van der Waals surface area contributed by atoms with Crippen LogP contribution in [0.15, 0.2) is 17.5 Å². The summed E-state index contributed by atoms with van der Waals surface area (Å²) in [6.07, 6.45) is 2.26. The van der Waals surface area contributed by atoms with Crippen molar-refractivity contribution >= 4 is 17.3 Å². The van der Waals surface area contributed by atoms with Gasteiger partial charge in [0, 0.05) is 18.0 Å². The van der Waals surface area contributed by atoms with Gasteiger partial charge < -0.3 is 9.84 Å². The molecule has 0 amide bonds. The van der Waals surface area contributed by atoms with E-state index in [1.807, 2.05) is 17.5 Å². The molecule has 1 aliphatic heterocycles. The molecule has 2 heterocycles. The van der Waals surface area contributed by atoms with Gasteiger partial charge in [0.15, 0.2) is 0 Å². The van der Waals surface area contributed by atoms with Crippen LogP contribution in [0.5, 0.6) is 0 Å². The van der Waals surface area contributed by atoms with Crippen LogP contribution in [0, 0.1) is 0 Å². The van der Waals surface area contributed by atoms with Crippen LogP contribution < -0.4 is 5.32 Å². The molecule has 88 valence electrons. The van der Waals surface area contributed by atoms with E-state index in [4.69, 9.17) is 9.84 Å². The summed E-state index contributed by atoms with van der Waals surface area (Å²) in [7, 11) is 0. The number of ether oxygens (including phenoxy) is 1. The molecule has 1 saturated heterocycles. The number of hydrogen-bond acceptors (Lipinski definition) is 4. The number of carboxylic acid groups (broad SMARTS) is 1. The summed E-state index contributed by atoms with van der Waals surface area (Å²) in [5.41, 5.74) is 0. The van der Waals surface area contributed by atoms with Crippen molar-refractivity contribution in [3.05, 3.63) is 22.4 Å². The van der Waals surface area contributed by atoms with Crippen molar-refractivity contribution < 1.29 is 14.6 Å². The normalized spacial score (nSPS) is 22.1. The van der Waals surface area contributed by atoms with Gasteiger partial charge in [0.2, 0.25) is 0 Å². The third-order valence-electron chi connectivity index (χ3n) is 2.65. The topological polar surface area (TPSA) is 58.6 Å². The maximum atomic E-state index is 11.1. The number of aliphatic carboxylic acids is 1. The number of hydrogen-bond donors (Lipinski definition) is 2. The zero-order valence-electron chi connectivity index (χ0n) is 8.89. The van der Waals surface area contributed by atoms with E-state index in [1.165, 1.54) is 11.3 Å². The number of rotatable bonds is 5. The number of nitrogens with one attached hydrogen (secondary N) is 1. The summed E-state index contributed by atoms with van der Waals surface area (Å²) in [6.45, 7) is 1.40. The Kier molecular flexibility index (Phi) is 3.93. The highest BCUT2D eigenvalue weighted by molar-refractivity contribution is 7.10. The molecule has 2 unspecified atom stereocenters. The van der Waals surface area contributed by atoms with Crippen LogP contribution in [0.3, 0.4) is 0 Å². The molecule has 5 heteroatoms. The Morgan fingerprint density at radius 1 is 1.75 bits per heavy atom. The zero-order chi connectivity index (χ0) is 11.4. The first-order valence-corrected chi connectivity index (χ1v) is 6.26. The minimum absolute atomic E-state index is 0.168. The molecule has 0 spiro atoms. The Balaban J connectivity index is 1.90. The van der Waals surface area contributed by atoms with Crippen molar-refractivity contribution in [2.24, 2.45) is 0 Å². The van der Waals surface area contributed by atoms with Gasteiger partial charge in [-0.05, 0) is 24.3 Å². The van der Waals surface area contributed by atoms with Gasteiger partial charge >= 0.3 is 5.97 Å². The van der Waals surface area contributed by atoms with Crippen LogP contribution in [-0.4, -0.2) is 30.3 Å². The summed E-state index contributed by atoms with van der Waals surface area (Å²) in [4.78, 5) is 11.9. The van der Waals surface area contributed by atoms with Gasteiger partial charge in [0.1, 0.15) is 6.04 Å². The van der Waals surface area contributed by atoms with Crippen molar-refractivity contribution in [1.82, 2.24) is 5.32 Å². The van der Waals surface area contributed by atoms with E-state index < -0.39 is 12.0 Å². The van der Waals surface area contributed by atoms with E-state index in [1.54, 1.807) is 0 Å². The fraction of sp³-hybridized carbons (Fsp3) is 0.545. The molecule has 2 N–H and O–H groups in total. The molecule has 2 atom stereocenters. The standard InChI is InChI=1S/C11H15NO3S/c13-11(14)10(9-4-2-6-16-9)12-7-8-3-1-5-15-8/h2,4,6,8,10,12H,1,3,5,7H2,(H,13,14). The molecular formula is C11H15NO3S. The molecule has 1 aromatic heterocycles. The minimum Gasteiger partial charge on any atom is -0.480 e. The largest absolute Gasteiger partial charge is 0.480 e. The lowest BCUT2D eigenvalue weighted by atomic mass is 10.2. The predicted octanol–water partition coefficient (Wildman–Crippen LogP) is 1.64. The molecule has 0 aliphatic carbocycles. The third-order valence-corrected chi connectivity index (χ3v) is 3.59. The van der Waals surface area contributed by atoms with E-state index in [0.29, 0.717) is 6.54 Å². The number of carbonyl (C=O) groups is 1. The highest BCUT2D eigenvalue weighted by atomic mass is 32.1. The first-order valence-electron chi connectivity index (χ1n) is 5.38. The van der Waals surface area contributed by atoms with E-state index in [0.717, 1.165) is 24.3 Å². The molecule has 2 rings (SSSR count). The number of carboxylic acids is 1. The average molecular weight is 241 g/mol. The fourth-order valence-electron chi connectivity index (χ4n) is 1.82. The SMILES string of the molecule is O=C(O)C(NCC1CCCO1)c1cccs1. The second-order valence-corrected chi connectivity index (χ2v) is 4.81. The molecule has 4 nitrogen and oxygen atoms in total. The van der Waals surface area contributed by atoms with E-state index >= 15 is 0 Å². The Hall–Kier alpha value is -0.910. The fourth-order valence-corrected chi connectivity index (χ4v) is 2.61. The van der Waals surface area contributed by atoms with E-state index in [2.05, 4.69) is 5.32 Å². The molecule has 1 aromatic rings. The van der Waals surface area contributed by atoms with Crippen molar-refractivity contribution in [3.63, 3.8) is 0 Å². The van der Waals surface area contributed by atoms with Gasteiger partial charge in [-0.15, -0.1) is 11.3 Å². The first-order chi connectivity index (χ1) is 7.77. The quantitative estimate of drug-likeness (QED) is 0.823. The van der Waals surface area contributed by atoms with Gasteiger partial charge in [-0.3, -0.25) is 10.1 Å². The second kappa shape index (κ2) is 5.43. The Labute approximate surface area is 98.2 Å². The monoisotopic (exact) mass is 241 g/mol. The van der Waals surface area contributed by atoms with Gasteiger partial charge in [-0.25, -0.2) is 0 Å². The van der Waals surface area contributed by atoms with Crippen molar-refractivity contribution in [3.8, 4) is 0 Å². The van der Waals surface area contributed by atoms with Crippen LogP contribution in [0.1, 0.15) is 23.8 Å². The van der Waals surface area contributed by atoms with Crippen LogP contribution >= 0.6 is 11.3 Å². The molecule has 0 saturated carbocycles. The summed E-state index contributed by atoms with van der Waals surface area (Å²) in [6, 6.07) is 3.10. The highest BCUT2D eigenvalue weighted by Gasteiger charge is 2.23. The van der Waals surface area contributed by atoms with Crippen LogP contribution in [0.2, 0.25) is 0 Å². The second-order valence-electron chi connectivity index (χ2n) is 3.83. The zero-order valence-corrected chi connectivity index (χ0v) is 9.70. The molecule has 16 heavy (non-hydrogen) atoms. The molecule has 1 fully saturated rings. The smallest absolute Gasteiger partial charge is 0.326 e. The molecule has 0 bridgehead atoms. The van der Waals surface area contributed by atoms with Crippen LogP contribution in [-0.2, 0) is 9.53 Å². The van der Waals surface area contributed by atoms with Crippen molar-refractivity contribution in [2.75, 3.05) is 13.2 Å². The summed E-state index contributed by atoms with van der Waals surface area (Å²) >= 11 is 1.46. The van der Waals surface area contributed by atoms with Gasteiger partial charge in [-0.1, -0.05) is 6.07 Å². The molecule has 1 aliphatic rings. The van der Waals surface area contributed by atoms with Crippen LogP contribution in [0.25, 0.3) is 0 Å². The lowest BCUT2D eigenvalue weighted by Crippen LogP contribution is -2.33. The van der Waals surface area contributed by atoms with E-state index in [-0.39, 0.29) is 6.10 Å². The maximum absolute atomic E-state index is 11.1. The van der Waals surface area contributed by atoms with Gasteiger partial charge in [-0.2, -0.15) is 0 Å². The maximum Gasteiger partial charge on any atom is 0.326 e. The molecule has 0 radical (unpaired) electrons. The first kappa shape index (κ1) is 11.6. The van der Waals surface area contributed by atoms with Crippen LogP contribution in [0.4, 0.5) is 0 Å². The summed E-state index contributed by atoms with van der Waals surface area (Å²) in [5, 5.41) is 14.1. The third kappa shape index (κ3) is 2.81. The molecular weight excluding hydrogens is 226 g/mol. The Morgan fingerprint density at radius 3 is 3.19 bits per heavy atom. The lowest BCUT2D eigenvalue weighted by molar-refractivity contribution is -0.139. The predicted molar refractivity (Wildman–Crippen MR) is 61.7 cm³/mol. The molecule has 0 aromatic carbocycles. The Bertz CT molecular complexity index is 333. The summed E-state index contributed by atoms with van der Waals surface area (Å²) < 4.78 is 5.45.